The van der Waals surface area contributed by atoms with Gasteiger partial charge in [-0.2, -0.15) is 0 Å². The molecule has 0 unspecified atom stereocenters. The maximum atomic E-state index is 13.8. The number of carbonyl (C=O) groups is 1. The van der Waals surface area contributed by atoms with Crippen molar-refractivity contribution in [2.45, 2.75) is 70.1 Å². The lowest BCUT2D eigenvalue weighted by Gasteiger charge is -2.25. The summed E-state index contributed by atoms with van der Waals surface area (Å²) < 4.78 is 7.72. The first-order valence-electron chi connectivity index (χ1n) is 11.5. The standard InChI is InChI=1S/C25H29N3O3S2/c1-15-6-7-16(2)18(11-15)14-32-25-26-23-22(24(30)28(25)12-19-5-4-10-31-19)20-8-9-27(17(3)29)13-21(20)33-23/h6-7,11,19H,4-5,8-10,12-14H2,1-3H3/t19-/m0/s1. The fraction of sp³-hybridized carbons (Fsp3) is 0.480. The van der Waals surface area contributed by atoms with Gasteiger partial charge in [0.1, 0.15) is 4.83 Å². The second-order valence-electron chi connectivity index (χ2n) is 9.04. The van der Waals surface area contributed by atoms with Gasteiger partial charge in [-0.1, -0.05) is 35.5 Å². The molecule has 2 aliphatic rings. The molecule has 3 aromatic rings. The summed E-state index contributed by atoms with van der Waals surface area (Å²) in [7, 11) is 0. The van der Waals surface area contributed by atoms with Crippen molar-refractivity contribution in [1.29, 1.82) is 0 Å². The molecule has 1 saturated heterocycles. The van der Waals surface area contributed by atoms with Crippen molar-refractivity contribution < 1.29 is 9.53 Å². The van der Waals surface area contributed by atoms with Crippen LogP contribution in [-0.2, 0) is 34.8 Å². The number of rotatable bonds is 5. The second kappa shape index (κ2) is 9.24. The van der Waals surface area contributed by atoms with Gasteiger partial charge in [0.25, 0.3) is 5.56 Å². The molecular weight excluding hydrogens is 454 g/mol. The van der Waals surface area contributed by atoms with E-state index in [1.807, 2.05) is 9.47 Å². The van der Waals surface area contributed by atoms with Gasteiger partial charge in [0.15, 0.2) is 5.16 Å². The number of thioether (sulfide) groups is 1. The van der Waals surface area contributed by atoms with Crippen LogP contribution in [0.15, 0.2) is 28.2 Å². The molecule has 4 heterocycles. The number of benzene rings is 1. The fourth-order valence-corrected chi connectivity index (χ4v) is 7.04. The van der Waals surface area contributed by atoms with Crippen LogP contribution >= 0.6 is 23.1 Å². The van der Waals surface area contributed by atoms with Crippen molar-refractivity contribution in [1.82, 2.24) is 14.5 Å². The molecule has 2 aromatic heterocycles. The van der Waals surface area contributed by atoms with Gasteiger partial charge in [-0.25, -0.2) is 4.98 Å². The summed E-state index contributed by atoms with van der Waals surface area (Å²) in [5.74, 6) is 0.840. The second-order valence-corrected chi connectivity index (χ2v) is 11.1. The van der Waals surface area contributed by atoms with Gasteiger partial charge >= 0.3 is 0 Å². The van der Waals surface area contributed by atoms with E-state index in [2.05, 4.69) is 32.0 Å². The van der Waals surface area contributed by atoms with Crippen molar-refractivity contribution in [2.24, 2.45) is 0 Å². The molecule has 1 aromatic carbocycles. The van der Waals surface area contributed by atoms with Crippen LogP contribution in [0.4, 0.5) is 0 Å². The summed E-state index contributed by atoms with van der Waals surface area (Å²) in [6, 6.07) is 6.49. The van der Waals surface area contributed by atoms with E-state index in [0.717, 1.165) is 51.0 Å². The zero-order chi connectivity index (χ0) is 23.1. The maximum Gasteiger partial charge on any atom is 0.263 e. The average Bonchev–Trinajstić information content (AvgIpc) is 3.43. The number of ether oxygens (including phenoxy) is 1. The molecule has 1 atom stereocenters. The molecule has 1 amide bonds. The summed E-state index contributed by atoms with van der Waals surface area (Å²) in [5.41, 5.74) is 4.86. The van der Waals surface area contributed by atoms with Gasteiger partial charge in [-0.05, 0) is 49.8 Å². The van der Waals surface area contributed by atoms with Gasteiger partial charge in [-0.15, -0.1) is 11.3 Å². The third-order valence-corrected chi connectivity index (χ3v) is 8.78. The Morgan fingerprint density at radius 2 is 2.18 bits per heavy atom. The minimum atomic E-state index is 0.0349. The highest BCUT2D eigenvalue weighted by Crippen LogP contribution is 2.34. The predicted octanol–water partition coefficient (Wildman–Crippen LogP) is 4.45. The van der Waals surface area contributed by atoms with Crippen molar-refractivity contribution in [3.8, 4) is 0 Å². The lowest BCUT2D eigenvalue weighted by atomic mass is 10.1. The first-order valence-corrected chi connectivity index (χ1v) is 13.3. The van der Waals surface area contributed by atoms with Gasteiger partial charge in [0, 0.05) is 30.7 Å². The molecular formula is C25H29N3O3S2. The Morgan fingerprint density at radius 1 is 1.33 bits per heavy atom. The molecule has 5 rings (SSSR count). The van der Waals surface area contributed by atoms with E-state index < -0.39 is 0 Å². The molecule has 174 valence electrons. The summed E-state index contributed by atoms with van der Waals surface area (Å²) in [5, 5.41) is 1.50. The Bertz CT molecular complexity index is 1270. The highest BCUT2D eigenvalue weighted by molar-refractivity contribution is 7.98. The summed E-state index contributed by atoms with van der Waals surface area (Å²) in [6.07, 6.45) is 2.78. The third-order valence-electron chi connectivity index (χ3n) is 6.64. The number of aromatic nitrogens is 2. The van der Waals surface area contributed by atoms with E-state index in [9.17, 15) is 9.59 Å². The molecule has 0 radical (unpaired) electrons. The van der Waals surface area contributed by atoms with Crippen LogP contribution in [0.1, 0.15) is 46.9 Å². The molecule has 0 spiro atoms. The van der Waals surface area contributed by atoms with Crippen LogP contribution < -0.4 is 5.56 Å². The first kappa shape index (κ1) is 22.6. The normalized spacial score (nSPS) is 18.2. The highest BCUT2D eigenvalue weighted by Gasteiger charge is 2.27. The van der Waals surface area contributed by atoms with Gasteiger partial charge in [0.2, 0.25) is 5.91 Å². The van der Waals surface area contributed by atoms with Crippen molar-refractivity contribution in [3.63, 3.8) is 0 Å². The van der Waals surface area contributed by atoms with E-state index in [0.29, 0.717) is 26.1 Å². The molecule has 2 aliphatic heterocycles. The van der Waals surface area contributed by atoms with Crippen LogP contribution in [0, 0.1) is 13.8 Å². The number of aryl methyl sites for hydroxylation is 2. The zero-order valence-electron chi connectivity index (χ0n) is 19.3. The lowest BCUT2D eigenvalue weighted by molar-refractivity contribution is -0.129. The van der Waals surface area contributed by atoms with Gasteiger partial charge in [0.05, 0.1) is 24.6 Å². The van der Waals surface area contributed by atoms with Crippen molar-refractivity contribution in [2.75, 3.05) is 13.2 Å². The molecule has 33 heavy (non-hydrogen) atoms. The number of thiophene rings is 1. The smallest absolute Gasteiger partial charge is 0.263 e. The molecule has 0 aliphatic carbocycles. The Balaban J connectivity index is 1.55. The van der Waals surface area contributed by atoms with E-state index in [-0.39, 0.29) is 17.6 Å². The van der Waals surface area contributed by atoms with E-state index in [4.69, 9.17) is 9.72 Å². The molecule has 0 N–H and O–H groups in total. The Hall–Kier alpha value is -2.16. The van der Waals surface area contributed by atoms with Crippen LogP contribution in [0.2, 0.25) is 0 Å². The van der Waals surface area contributed by atoms with Crippen LogP contribution in [0.5, 0.6) is 0 Å². The monoisotopic (exact) mass is 483 g/mol. The van der Waals surface area contributed by atoms with Crippen LogP contribution in [0.3, 0.4) is 0 Å². The third kappa shape index (κ3) is 4.48. The molecule has 0 saturated carbocycles. The quantitative estimate of drug-likeness (QED) is 0.396. The van der Waals surface area contributed by atoms with E-state index in [1.165, 1.54) is 16.7 Å². The largest absolute Gasteiger partial charge is 0.376 e. The van der Waals surface area contributed by atoms with Gasteiger partial charge in [-0.3, -0.25) is 14.2 Å². The zero-order valence-corrected chi connectivity index (χ0v) is 21.0. The Labute approximate surface area is 202 Å². The number of hydrogen-bond acceptors (Lipinski definition) is 6. The van der Waals surface area contributed by atoms with E-state index in [1.54, 1.807) is 30.0 Å². The highest BCUT2D eigenvalue weighted by atomic mass is 32.2. The SMILES string of the molecule is CC(=O)N1CCc2c(sc3nc(SCc4cc(C)ccc4C)n(C[C@@H]4CCCO4)c(=O)c23)C1. The summed E-state index contributed by atoms with van der Waals surface area (Å²) >= 11 is 3.19. The topological polar surface area (TPSA) is 64.4 Å². The Morgan fingerprint density at radius 3 is 2.94 bits per heavy atom. The maximum absolute atomic E-state index is 13.8. The summed E-state index contributed by atoms with van der Waals surface area (Å²) in [6.45, 7) is 8.36. The Kier molecular flexibility index (Phi) is 6.33. The average molecular weight is 484 g/mol. The van der Waals surface area contributed by atoms with Gasteiger partial charge < -0.3 is 9.64 Å². The summed E-state index contributed by atoms with van der Waals surface area (Å²) in [4.78, 5) is 34.4. The van der Waals surface area contributed by atoms with Crippen LogP contribution in [0.25, 0.3) is 10.2 Å². The van der Waals surface area contributed by atoms with Crippen molar-refractivity contribution >= 4 is 39.2 Å². The molecule has 1 fully saturated rings. The minimum absolute atomic E-state index is 0.0349. The number of hydrogen-bond donors (Lipinski definition) is 0. The molecule has 0 bridgehead atoms. The molecule has 6 nitrogen and oxygen atoms in total. The number of nitrogens with zero attached hydrogens (tertiary/aromatic N) is 3. The fourth-order valence-electron chi connectivity index (χ4n) is 4.69. The first-order chi connectivity index (χ1) is 15.9. The lowest BCUT2D eigenvalue weighted by Crippen LogP contribution is -2.34. The molecule has 8 heteroatoms. The van der Waals surface area contributed by atoms with E-state index >= 15 is 0 Å². The van der Waals surface area contributed by atoms with Crippen molar-refractivity contribution in [3.05, 3.63) is 55.7 Å². The number of amides is 1. The number of fused-ring (bicyclic) bond motifs is 3. The van der Waals surface area contributed by atoms with Crippen LogP contribution in [-0.4, -0.2) is 39.6 Å². The number of carbonyl (C=O) groups excluding carboxylic acids is 1. The predicted molar refractivity (Wildman–Crippen MR) is 133 cm³/mol. The minimum Gasteiger partial charge on any atom is -0.376 e.